The van der Waals surface area contributed by atoms with E-state index >= 15 is 0 Å². The molecule has 0 bridgehead atoms. The predicted octanol–water partition coefficient (Wildman–Crippen LogP) is 3.30. The minimum atomic E-state index is -0.373. The fourth-order valence-corrected chi connectivity index (χ4v) is 4.74. The van der Waals surface area contributed by atoms with Crippen LogP contribution in [-0.4, -0.2) is 31.8 Å². The second-order valence-electron chi connectivity index (χ2n) is 8.84. The summed E-state index contributed by atoms with van der Waals surface area (Å²) in [6.07, 6.45) is 0.885. The lowest BCUT2D eigenvalue weighted by molar-refractivity contribution is 0.437. The van der Waals surface area contributed by atoms with Crippen LogP contribution in [0.1, 0.15) is 18.1 Å². The standard InChI is InChI=1S/C25H26ClN5O2/c1-17-14-29(13-12-18-6-4-3-5-7-18)24-27-22-21(30(24)15-17)23(32)31(25(33)28(22)2)16-19-8-10-20(26)11-9-19/h3-11,17H,12-16H2,1-2H3/t17-/m1/s1. The van der Waals surface area contributed by atoms with Crippen molar-refractivity contribution in [3.63, 3.8) is 0 Å². The molecular weight excluding hydrogens is 438 g/mol. The van der Waals surface area contributed by atoms with E-state index in [4.69, 9.17) is 16.6 Å². The van der Waals surface area contributed by atoms with Crippen molar-refractivity contribution in [3.05, 3.63) is 91.6 Å². The topological polar surface area (TPSA) is 65.1 Å². The molecule has 4 aromatic rings. The normalized spacial score (nSPS) is 15.7. The van der Waals surface area contributed by atoms with Crippen molar-refractivity contribution in [2.24, 2.45) is 13.0 Å². The van der Waals surface area contributed by atoms with Gasteiger partial charge in [-0.25, -0.2) is 4.79 Å². The Morgan fingerprint density at radius 3 is 2.45 bits per heavy atom. The molecule has 0 aliphatic carbocycles. The van der Waals surface area contributed by atoms with Gasteiger partial charge in [0.15, 0.2) is 11.2 Å². The molecule has 0 N–H and O–H groups in total. The van der Waals surface area contributed by atoms with Gasteiger partial charge in [-0.05, 0) is 35.6 Å². The Kier molecular flexibility index (Phi) is 5.58. The molecular formula is C25H26ClN5O2. The van der Waals surface area contributed by atoms with Crippen LogP contribution < -0.4 is 16.1 Å². The van der Waals surface area contributed by atoms with E-state index in [1.807, 2.05) is 34.9 Å². The number of halogens is 1. The summed E-state index contributed by atoms with van der Waals surface area (Å²) in [5.41, 5.74) is 2.34. The number of nitrogens with zero attached hydrogens (tertiary/aromatic N) is 5. The zero-order chi connectivity index (χ0) is 23.1. The number of anilines is 1. The highest BCUT2D eigenvalue weighted by Crippen LogP contribution is 2.27. The van der Waals surface area contributed by atoms with E-state index in [1.165, 1.54) is 14.7 Å². The zero-order valence-electron chi connectivity index (χ0n) is 18.7. The molecule has 0 radical (unpaired) electrons. The minimum absolute atomic E-state index is 0.187. The minimum Gasteiger partial charge on any atom is -0.342 e. The summed E-state index contributed by atoms with van der Waals surface area (Å²) in [4.78, 5) is 33.6. The molecule has 0 amide bonds. The molecule has 0 fully saturated rings. The first-order valence-electron chi connectivity index (χ1n) is 11.2. The molecule has 1 atom stereocenters. The number of fused-ring (bicyclic) bond motifs is 3. The molecule has 5 rings (SSSR count). The molecule has 1 aliphatic heterocycles. The first kappa shape index (κ1) is 21.5. The van der Waals surface area contributed by atoms with Crippen LogP contribution in [0.3, 0.4) is 0 Å². The van der Waals surface area contributed by atoms with Gasteiger partial charge in [0.2, 0.25) is 5.95 Å². The Hall–Kier alpha value is -3.32. The number of aromatic nitrogens is 4. The van der Waals surface area contributed by atoms with E-state index in [2.05, 4.69) is 24.0 Å². The van der Waals surface area contributed by atoms with Crippen molar-refractivity contribution < 1.29 is 0 Å². The summed E-state index contributed by atoms with van der Waals surface area (Å²) >= 11 is 5.99. The summed E-state index contributed by atoms with van der Waals surface area (Å²) in [6.45, 7) is 4.72. The molecule has 1 aliphatic rings. The third kappa shape index (κ3) is 3.97. The van der Waals surface area contributed by atoms with Crippen molar-refractivity contribution in [1.82, 2.24) is 18.7 Å². The number of hydrogen-bond donors (Lipinski definition) is 0. The summed E-state index contributed by atoms with van der Waals surface area (Å²) in [6, 6.07) is 17.5. The number of aryl methyl sites for hydroxylation is 1. The van der Waals surface area contributed by atoms with Crippen molar-refractivity contribution in [3.8, 4) is 0 Å². The van der Waals surface area contributed by atoms with E-state index in [-0.39, 0.29) is 17.8 Å². The second-order valence-corrected chi connectivity index (χ2v) is 9.28. The van der Waals surface area contributed by atoms with Crippen molar-refractivity contribution in [1.29, 1.82) is 0 Å². The molecule has 0 spiro atoms. The Balaban J connectivity index is 1.58. The Bertz CT molecular complexity index is 1420. The van der Waals surface area contributed by atoms with Gasteiger partial charge < -0.3 is 9.47 Å². The number of hydrogen-bond acceptors (Lipinski definition) is 4. The van der Waals surface area contributed by atoms with Crippen LogP contribution in [0, 0.1) is 5.92 Å². The zero-order valence-corrected chi connectivity index (χ0v) is 19.5. The van der Waals surface area contributed by atoms with Crippen LogP contribution in [0.4, 0.5) is 5.95 Å². The number of imidazole rings is 1. The molecule has 0 saturated carbocycles. The van der Waals surface area contributed by atoms with Gasteiger partial charge in [0.1, 0.15) is 0 Å². The molecule has 3 heterocycles. The molecule has 0 unspecified atom stereocenters. The van der Waals surface area contributed by atoms with Gasteiger partial charge in [-0.15, -0.1) is 0 Å². The van der Waals surface area contributed by atoms with Gasteiger partial charge >= 0.3 is 5.69 Å². The third-order valence-electron chi connectivity index (χ3n) is 6.29. The van der Waals surface area contributed by atoms with Crippen molar-refractivity contribution in [2.45, 2.75) is 26.4 Å². The van der Waals surface area contributed by atoms with Crippen LogP contribution in [-0.2, 0) is 26.6 Å². The molecule has 7 nitrogen and oxygen atoms in total. The maximum Gasteiger partial charge on any atom is 0.332 e. The second kappa shape index (κ2) is 8.56. The van der Waals surface area contributed by atoms with E-state index in [9.17, 15) is 9.59 Å². The van der Waals surface area contributed by atoms with Crippen LogP contribution >= 0.6 is 11.6 Å². The monoisotopic (exact) mass is 463 g/mol. The summed E-state index contributed by atoms with van der Waals surface area (Å²) in [5.74, 6) is 1.11. The highest BCUT2D eigenvalue weighted by molar-refractivity contribution is 6.30. The van der Waals surface area contributed by atoms with Crippen LogP contribution in [0.5, 0.6) is 0 Å². The summed E-state index contributed by atoms with van der Waals surface area (Å²) < 4.78 is 4.76. The molecule has 2 aromatic carbocycles. The number of benzene rings is 2. The molecule has 170 valence electrons. The SMILES string of the molecule is C[C@@H]1CN(CCc2ccccc2)c2nc3c(c(=O)n(Cc4ccc(Cl)cc4)c(=O)n3C)n2C1. The third-order valence-corrected chi connectivity index (χ3v) is 6.54. The first-order chi connectivity index (χ1) is 15.9. The van der Waals surface area contributed by atoms with E-state index in [0.29, 0.717) is 28.6 Å². The first-order valence-corrected chi connectivity index (χ1v) is 11.5. The lowest BCUT2D eigenvalue weighted by atomic mass is 10.1. The maximum atomic E-state index is 13.5. The molecule has 8 heteroatoms. The lowest BCUT2D eigenvalue weighted by Crippen LogP contribution is -2.41. The average molecular weight is 464 g/mol. The Labute approximate surface area is 196 Å². The molecule has 33 heavy (non-hydrogen) atoms. The fraction of sp³-hybridized carbons (Fsp3) is 0.320. The van der Waals surface area contributed by atoms with E-state index in [1.54, 1.807) is 19.2 Å². The van der Waals surface area contributed by atoms with Crippen LogP contribution in [0.2, 0.25) is 5.02 Å². The largest absolute Gasteiger partial charge is 0.342 e. The predicted molar refractivity (Wildman–Crippen MR) is 131 cm³/mol. The van der Waals surface area contributed by atoms with Gasteiger partial charge in [0, 0.05) is 31.7 Å². The van der Waals surface area contributed by atoms with Gasteiger partial charge in [0.05, 0.1) is 6.54 Å². The quantitative estimate of drug-likeness (QED) is 0.455. The van der Waals surface area contributed by atoms with Crippen molar-refractivity contribution in [2.75, 3.05) is 18.0 Å². The Morgan fingerprint density at radius 1 is 1.00 bits per heavy atom. The van der Waals surface area contributed by atoms with Gasteiger partial charge in [-0.3, -0.25) is 13.9 Å². The van der Waals surface area contributed by atoms with E-state index in [0.717, 1.165) is 31.0 Å². The van der Waals surface area contributed by atoms with Crippen LogP contribution in [0.15, 0.2) is 64.2 Å². The summed E-state index contributed by atoms with van der Waals surface area (Å²) in [5, 5.41) is 0.615. The highest BCUT2D eigenvalue weighted by atomic mass is 35.5. The smallest absolute Gasteiger partial charge is 0.332 e. The molecule has 2 aromatic heterocycles. The maximum absolute atomic E-state index is 13.5. The van der Waals surface area contributed by atoms with E-state index < -0.39 is 0 Å². The molecule has 0 saturated heterocycles. The highest BCUT2D eigenvalue weighted by Gasteiger charge is 2.28. The van der Waals surface area contributed by atoms with Crippen molar-refractivity contribution >= 4 is 28.7 Å². The van der Waals surface area contributed by atoms with Gasteiger partial charge in [-0.2, -0.15) is 4.98 Å². The van der Waals surface area contributed by atoms with Crippen LogP contribution in [0.25, 0.3) is 11.2 Å². The van der Waals surface area contributed by atoms with Gasteiger partial charge in [0.25, 0.3) is 5.56 Å². The Morgan fingerprint density at radius 2 is 1.73 bits per heavy atom. The average Bonchev–Trinajstić information content (AvgIpc) is 3.20. The summed E-state index contributed by atoms with van der Waals surface area (Å²) in [7, 11) is 1.68. The van der Waals surface area contributed by atoms with Gasteiger partial charge in [-0.1, -0.05) is 61.0 Å². The lowest BCUT2D eigenvalue weighted by Gasteiger charge is -2.33. The fourth-order valence-electron chi connectivity index (χ4n) is 4.61. The number of rotatable bonds is 5.